The van der Waals surface area contributed by atoms with Gasteiger partial charge in [-0.15, -0.1) is 10.2 Å². The van der Waals surface area contributed by atoms with Crippen LogP contribution in [0.2, 0.25) is 0 Å². The van der Waals surface area contributed by atoms with E-state index in [1.54, 1.807) is 6.33 Å². The highest BCUT2D eigenvalue weighted by Crippen LogP contribution is 2.21. The van der Waals surface area contributed by atoms with E-state index in [4.69, 9.17) is 0 Å². The van der Waals surface area contributed by atoms with Gasteiger partial charge >= 0.3 is 0 Å². The Kier molecular flexibility index (Phi) is 3.31. The molecule has 0 aromatic carbocycles. The molecule has 1 aliphatic rings. The van der Waals surface area contributed by atoms with Crippen molar-refractivity contribution in [3.8, 4) is 0 Å². The summed E-state index contributed by atoms with van der Waals surface area (Å²) in [6.45, 7) is 5.81. The Morgan fingerprint density at radius 3 is 3.21 bits per heavy atom. The van der Waals surface area contributed by atoms with Crippen LogP contribution >= 0.6 is 0 Å². The van der Waals surface area contributed by atoms with E-state index in [-0.39, 0.29) is 0 Å². The second-order valence-electron chi connectivity index (χ2n) is 4.69. The van der Waals surface area contributed by atoms with Crippen molar-refractivity contribution in [3.63, 3.8) is 0 Å². The molecule has 3 heterocycles. The molecular weight excluding hydrogens is 240 g/mol. The van der Waals surface area contributed by atoms with Gasteiger partial charge in [-0.1, -0.05) is 6.92 Å². The molecule has 2 aromatic heterocycles. The minimum absolute atomic E-state index is 0.803. The molecule has 0 saturated heterocycles. The predicted octanol–water partition coefficient (Wildman–Crippen LogP) is 1.52. The van der Waals surface area contributed by atoms with Crippen molar-refractivity contribution in [1.82, 2.24) is 19.7 Å². The fourth-order valence-corrected chi connectivity index (χ4v) is 2.25. The number of aromatic nitrogens is 4. The lowest BCUT2D eigenvalue weighted by Crippen LogP contribution is -2.33. The van der Waals surface area contributed by atoms with Crippen molar-refractivity contribution in [2.45, 2.75) is 26.4 Å². The number of rotatable bonds is 4. The van der Waals surface area contributed by atoms with Gasteiger partial charge in [0.1, 0.15) is 12.1 Å². The number of nitrogens with one attached hydrogen (secondary N) is 1. The number of hydrogen-bond donors (Lipinski definition) is 1. The molecule has 100 valence electrons. The van der Waals surface area contributed by atoms with Crippen LogP contribution in [0.15, 0.2) is 24.7 Å². The summed E-state index contributed by atoms with van der Waals surface area (Å²) in [5.41, 5.74) is 1.18. The van der Waals surface area contributed by atoms with Gasteiger partial charge in [-0.3, -0.25) is 0 Å². The van der Waals surface area contributed by atoms with Crippen LogP contribution in [0, 0.1) is 0 Å². The van der Waals surface area contributed by atoms with Crippen molar-refractivity contribution in [3.05, 3.63) is 30.5 Å². The van der Waals surface area contributed by atoms with Crippen LogP contribution in [-0.4, -0.2) is 32.8 Å². The summed E-state index contributed by atoms with van der Waals surface area (Å²) in [5, 5.41) is 11.4. The van der Waals surface area contributed by atoms with E-state index in [2.05, 4.69) is 43.0 Å². The smallest absolute Gasteiger partial charge is 0.152 e. The second-order valence-corrected chi connectivity index (χ2v) is 4.69. The number of hydrogen-bond acceptors (Lipinski definition) is 5. The minimum atomic E-state index is 0.803. The van der Waals surface area contributed by atoms with Crippen molar-refractivity contribution < 1.29 is 0 Å². The number of fused-ring (bicyclic) bond motifs is 1. The van der Waals surface area contributed by atoms with Crippen LogP contribution in [0.1, 0.15) is 19.2 Å². The Hall–Kier alpha value is -2.11. The third-order valence-corrected chi connectivity index (χ3v) is 3.30. The molecule has 0 radical (unpaired) electrons. The Morgan fingerprint density at radius 2 is 2.32 bits per heavy atom. The molecule has 1 aliphatic heterocycles. The molecule has 0 amide bonds. The summed E-state index contributed by atoms with van der Waals surface area (Å²) in [6, 6.07) is 4.14. The van der Waals surface area contributed by atoms with Crippen molar-refractivity contribution in [2.24, 2.45) is 0 Å². The van der Waals surface area contributed by atoms with Gasteiger partial charge < -0.3 is 14.8 Å². The first-order valence-electron chi connectivity index (χ1n) is 6.68. The average Bonchev–Trinajstić information content (AvgIpc) is 2.92. The second kappa shape index (κ2) is 5.26. The molecule has 6 heteroatoms. The van der Waals surface area contributed by atoms with Gasteiger partial charge in [-0.05, 0) is 12.5 Å². The summed E-state index contributed by atoms with van der Waals surface area (Å²) < 4.78 is 2.11. The molecule has 0 bridgehead atoms. The van der Waals surface area contributed by atoms with Gasteiger partial charge in [-0.2, -0.15) is 0 Å². The maximum absolute atomic E-state index is 4.34. The highest BCUT2D eigenvalue weighted by Gasteiger charge is 2.17. The third-order valence-electron chi connectivity index (χ3n) is 3.30. The summed E-state index contributed by atoms with van der Waals surface area (Å²) in [5.74, 6) is 1.96. The molecule has 0 aliphatic carbocycles. The van der Waals surface area contributed by atoms with Crippen LogP contribution in [-0.2, 0) is 13.1 Å². The Labute approximate surface area is 112 Å². The van der Waals surface area contributed by atoms with E-state index < -0.39 is 0 Å². The van der Waals surface area contributed by atoms with E-state index in [1.807, 2.05) is 12.3 Å². The first-order valence-corrected chi connectivity index (χ1v) is 6.68. The molecule has 0 atom stereocenters. The van der Waals surface area contributed by atoms with Crippen LogP contribution < -0.4 is 10.2 Å². The lowest BCUT2D eigenvalue weighted by atomic mass is 10.3. The summed E-state index contributed by atoms with van der Waals surface area (Å²) in [4.78, 5) is 6.64. The van der Waals surface area contributed by atoms with Crippen LogP contribution in [0.4, 0.5) is 11.5 Å². The van der Waals surface area contributed by atoms with Crippen molar-refractivity contribution in [2.75, 3.05) is 23.3 Å². The third kappa shape index (κ3) is 2.52. The largest absolute Gasteiger partial charge is 0.370 e. The molecule has 0 saturated carbocycles. The van der Waals surface area contributed by atoms with E-state index in [0.717, 1.165) is 44.2 Å². The lowest BCUT2D eigenvalue weighted by molar-refractivity contribution is 0.560. The first kappa shape index (κ1) is 12.0. The molecular formula is C13H18N6. The molecule has 3 rings (SSSR count). The Bertz CT molecular complexity index is 550. The standard InChI is InChI=1S/C13H18N6/c1-2-4-14-12-8-11(3-5-15-12)18-6-7-19-10-16-17-13(19)9-18/h3,5,8,10H,2,4,6-7,9H2,1H3,(H,14,15). The monoisotopic (exact) mass is 258 g/mol. The van der Waals surface area contributed by atoms with Crippen molar-refractivity contribution in [1.29, 1.82) is 0 Å². The zero-order valence-electron chi connectivity index (χ0n) is 11.1. The number of nitrogens with zero attached hydrogens (tertiary/aromatic N) is 5. The zero-order chi connectivity index (χ0) is 13.1. The first-order chi connectivity index (χ1) is 9.36. The molecule has 0 unspecified atom stereocenters. The van der Waals surface area contributed by atoms with Crippen LogP contribution in [0.25, 0.3) is 0 Å². The van der Waals surface area contributed by atoms with Gasteiger partial charge in [0, 0.05) is 37.6 Å². The molecule has 2 aromatic rings. The average molecular weight is 258 g/mol. The normalized spacial score (nSPS) is 14.3. The summed E-state index contributed by atoms with van der Waals surface area (Å²) in [6.07, 6.45) is 4.75. The molecule has 0 spiro atoms. The zero-order valence-corrected chi connectivity index (χ0v) is 11.1. The number of anilines is 2. The molecule has 0 fully saturated rings. The SMILES string of the molecule is CCCNc1cc(N2CCn3cnnc3C2)ccn1. The fourth-order valence-electron chi connectivity index (χ4n) is 2.25. The topological polar surface area (TPSA) is 58.9 Å². The predicted molar refractivity (Wildman–Crippen MR) is 74.1 cm³/mol. The highest BCUT2D eigenvalue weighted by molar-refractivity contribution is 5.54. The Balaban J connectivity index is 1.76. The highest BCUT2D eigenvalue weighted by atomic mass is 15.3. The van der Waals surface area contributed by atoms with Gasteiger partial charge in [0.05, 0.1) is 6.54 Å². The maximum atomic E-state index is 4.34. The van der Waals surface area contributed by atoms with Crippen LogP contribution in [0.5, 0.6) is 0 Å². The van der Waals surface area contributed by atoms with Crippen LogP contribution in [0.3, 0.4) is 0 Å². The van der Waals surface area contributed by atoms with Gasteiger partial charge in [-0.25, -0.2) is 4.98 Å². The minimum Gasteiger partial charge on any atom is -0.370 e. The fraction of sp³-hybridized carbons (Fsp3) is 0.462. The quantitative estimate of drug-likeness (QED) is 0.901. The molecule has 19 heavy (non-hydrogen) atoms. The summed E-state index contributed by atoms with van der Waals surface area (Å²) >= 11 is 0. The summed E-state index contributed by atoms with van der Waals surface area (Å²) in [7, 11) is 0. The van der Waals surface area contributed by atoms with Crippen molar-refractivity contribution >= 4 is 11.5 Å². The van der Waals surface area contributed by atoms with E-state index >= 15 is 0 Å². The molecule has 1 N–H and O–H groups in total. The van der Waals surface area contributed by atoms with Gasteiger partial charge in [0.2, 0.25) is 0 Å². The van der Waals surface area contributed by atoms with E-state index in [1.165, 1.54) is 5.69 Å². The molecule has 6 nitrogen and oxygen atoms in total. The van der Waals surface area contributed by atoms with E-state index in [0.29, 0.717) is 0 Å². The maximum Gasteiger partial charge on any atom is 0.152 e. The Morgan fingerprint density at radius 1 is 1.37 bits per heavy atom. The van der Waals surface area contributed by atoms with Gasteiger partial charge in [0.15, 0.2) is 5.82 Å². The number of pyridine rings is 1. The lowest BCUT2D eigenvalue weighted by Gasteiger charge is -2.29. The van der Waals surface area contributed by atoms with E-state index in [9.17, 15) is 0 Å². The van der Waals surface area contributed by atoms with Gasteiger partial charge in [0.25, 0.3) is 0 Å².